The van der Waals surface area contributed by atoms with Crippen LogP contribution in [-0.2, 0) is 9.53 Å². The van der Waals surface area contributed by atoms with Crippen molar-refractivity contribution in [3.63, 3.8) is 0 Å². The Bertz CT molecular complexity index is 126. The molecule has 1 rings (SSSR count). The topological polar surface area (TPSA) is 38.7 Å². The summed E-state index contributed by atoms with van der Waals surface area (Å²) >= 11 is 0. The molecule has 84 valence electrons. The molecule has 1 atom stereocenters. The summed E-state index contributed by atoms with van der Waals surface area (Å²) in [5.74, 6) is 0. The Hall–Kier alpha value is -0.860. The van der Waals surface area contributed by atoms with Crippen molar-refractivity contribution in [1.82, 2.24) is 0 Å². The molecule has 3 nitrogen and oxygen atoms in total. The molecule has 0 aromatic rings. The summed E-state index contributed by atoms with van der Waals surface area (Å²) in [6.07, 6.45) is 6.53. The van der Waals surface area contributed by atoms with Gasteiger partial charge >= 0.3 is 0 Å². The predicted molar refractivity (Wildman–Crippen MR) is 60.8 cm³/mol. The number of carbonyl (C=O) groups excluding carboxylic acids is 1. The van der Waals surface area contributed by atoms with E-state index < -0.39 is 0 Å². The molecule has 14 heavy (non-hydrogen) atoms. The van der Waals surface area contributed by atoms with Crippen LogP contribution in [0.1, 0.15) is 46.5 Å². The third kappa shape index (κ3) is 11.1. The van der Waals surface area contributed by atoms with Gasteiger partial charge in [-0.15, -0.1) is 0 Å². The molecular formula is C11H23NO2. The molecule has 0 aromatic carbocycles. The first-order valence-corrected chi connectivity index (χ1v) is 5.27. The van der Waals surface area contributed by atoms with Crippen LogP contribution in [0.2, 0.25) is 0 Å². The fourth-order valence-electron chi connectivity index (χ4n) is 0.924. The molecule has 0 saturated carbocycles. The monoisotopic (exact) mass is 201 g/mol. The molecule has 0 aromatic heterocycles. The van der Waals surface area contributed by atoms with Crippen molar-refractivity contribution < 1.29 is 9.53 Å². The molecule has 1 unspecified atom stereocenters. The number of unbranched alkanes of at least 4 members (excludes halogenated alkanes) is 1. The fourth-order valence-corrected chi connectivity index (χ4v) is 0.924. The molecule has 0 saturated heterocycles. The number of carbonyl (C=O) groups is 1. The van der Waals surface area contributed by atoms with E-state index in [1.807, 2.05) is 6.79 Å². The Labute approximate surface area is 87.6 Å². The second kappa shape index (κ2) is 14.7. The molecule has 0 spiro atoms. The summed E-state index contributed by atoms with van der Waals surface area (Å²) in [6.45, 7) is 9.25. The van der Waals surface area contributed by atoms with E-state index in [0.29, 0.717) is 6.04 Å². The van der Waals surface area contributed by atoms with Gasteiger partial charge < -0.3 is 9.53 Å². The van der Waals surface area contributed by atoms with Crippen molar-refractivity contribution in [3.8, 4) is 0 Å². The SMILES string of the molecule is C=O.CCC.CCCCC1COC=N1. The Morgan fingerprint density at radius 3 is 2.36 bits per heavy atom. The minimum atomic E-state index is 0.463. The lowest BCUT2D eigenvalue weighted by molar-refractivity contribution is -0.0979. The van der Waals surface area contributed by atoms with E-state index in [1.165, 1.54) is 25.7 Å². The van der Waals surface area contributed by atoms with Gasteiger partial charge in [0.05, 0.1) is 6.04 Å². The van der Waals surface area contributed by atoms with E-state index in [9.17, 15) is 0 Å². The molecule has 0 bridgehead atoms. The van der Waals surface area contributed by atoms with E-state index in [-0.39, 0.29) is 0 Å². The molecule has 0 amide bonds. The van der Waals surface area contributed by atoms with Gasteiger partial charge in [-0.2, -0.15) is 0 Å². The summed E-state index contributed by atoms with van der Waals surface area (Å²) < 4.78 is 4.96. The quantitative estimate of drug-likeness (QED) is 0.704. The smallest absolute Gasteiger partial charge is 0.169 e. The Morgan fingerprint density at radius 1 is 1.43 bits per heavy atom. The van der Waals surface area contributed by atoms with Crippen molar-refractivity contribution in [2.24, 2.45) is 4.99 Å². The lowest BCUT2D eigenvalue weighted by Gasteiger charge is -2.01. The number of aliphatic imine (C=N–C) groups is 1. The molecule has 0 radical (unpaired) electrons. The third-order valence-electron chi connectivity index (χ3n) is 1.53. The number of hydrogen-bond donors (Lipinski definition) is 0. The van der Waals surface area contributed by atoms with Crippen LogP contribution < -0.4 is 0 Å². The molecule has 3 heteroatoms. The highest BCUT2D eigenvalue weighted by Gasteiger charge is 2.09. The van der Waals surface area contributed by atoms with Crippen molar-refractivity contribution >= 4 is 13.2 Å². The van der Waals surface area contributed by atoms with E-state index in [2.05, 4.69) is 25.8 Å². The zero-order valence-electron chi connectivity index (χ0n) is 9.66. The van der Waals surface area contributed by atoms with Crippen molar-refractivity contribution in [2.45, 2.75) is 52.5 Å². The summed E-state index contributed by atoms with van der Waals surface area (Å²) in [5.41, 5.74) is 0. The van der Waals surface area contributed by atoms with E-state index >= 15 is 0 Å². The second-order valence-electron chi connectivity index (χ2n) is 3.09. The minimum absolute atomic E-state index is 0.463. The molecule has 0 fully saturated rings. The van der Waals surface area contributed by atoms with Gasteiger partial charge in [0.2, 0.25) is 0 Å². The third-order valence-corrected chi connectivity index (χ3v) is 1.53. The first-order valence-electron chi connectivity index (χ1n) is 5.27. The van der Waals surface area contributed by atoms with Crippen molar-refractivity contribution in [3.05, 3.63) is 0 Å². The largest absolute Gasteiger partial charge is 0.481 e. The minimum Gasteiger partial charge on any atom is -0.481 e. The Morgan fingerprint density at radius 2 is 2.00 bits per heavy atom. The number of nitrogens with zero attached hydrogens (tertiary/aromatic N) is 1. The summed E-state index contributed by atoms with van der Waals surface area (Å²) in [5, 5.41) is 0. The summed E-state index contributed by atoms with van der Waals surface area (Å²) in [4.78, 5) is 12.1. The summed E-state index contributed by atoms with van der Waals surface area (Å²) in [7, 11) is 0. The second-order valence-corrected chi connectivity index (χ2v) is 3.09. The molecule has 1 aliphatic rings. The maximum Gasteiger partial charge on any atom is 0.169 e. The zero-order valence-corrected chi connectivity index (χ0v) is 9.66. The van der Waals surface area contributed by atoms with Crippen LogP contribution in [0.5, 0.6) is 0 Å². The normalized spacial score (nSPS) is 17.2. The van der Waals surface area contributed by atoms with Gasteiger partial charge in [0.25, 0.3) is 0 Å². The lowest BCUT2D eigenvalue weighted by Crippen LogP contribution is -2.04. The highest BCUT2D eigenvalue weighted by atomic mass is 16.5. The van der Waals surface area contributed by atoms with Gasteiger partial charge in [-0.05, 0) is 6.42 Å². The van der Waals surface area contributed by atoms with Crippen LogP contribution in [0.25, 0.3) is 0 Å². The lowest BCUT2D eigenvalue weighted by atomic mass is 10.1. The summed E-state index contributed by atoms with van der Waals surface area (Å²) in [6, 6.07) is 0.463. The van der Waals surface area contributed by atoms with Crippen molar-refractivity contribution in [1.29, 1.82) is 0 Å². The van der Waals surface area contributed by atoms with Gasteiger partial charge in [0.1, 0.15) is 13.4 Å². The van der Waals surface area contributed by atoms with Gasteiger partial charge in [0.15, 0.2) is 6.40 Å². The molecule has 1 heterocycles. The van der Waals surface area contributed by atoms with Gasteiger partial charge in [-0.1, -0.05) is 40.0 Å². The maximum atomic E-state index is 8.00. The van der Waals surface area contributed by atoms with Crippen LogP contribution in [0.4, 0.5) is 0 Å². The average molecular weight is 201 g/mol. The van der Waals surface area contributed by atoms with Crippen LogP contribution in [0.15, 0.2) is 4.99 Å². The predicted octanol–water partition coefficient (Wildman–Crippen LogP) is 2.84. The standard InChI is InChI=1S/C7H13NO.C3H8.CH2O/c1-2-3-4-7-5-9-6-8-7;1-3-2;1-2/h6-7H,2-5H2,1H3;3H2,1-2H3;1H2. The highest BCUT2D eigenvalue weighted by molar-refractivity contribution is 5.48. The van der Waals surface area contributed by atoms with Gasteiger partial charge in [0, 0.05) is 0 Å². The van der Waals surface area contributed by atoms with E-state index in [0.717, 1.165) is 6.61 Å². The van der Waals surface area contributed by atoms with Gasteiger partial charge in [-0.25, -0.2) is 0 Å². The number of hydrogen-bond acceptors (Lipinski definition) is 3. The van der Waals surface area contributed by atoms with Gasteiger partial charge in [-0.3, -0.25) is 4.99 Å². The number of ether oxygens (including phenoxy) is 1. The van der Waals surface area contributed by atoms with E-state index in [1.54, 1.807) is 6.40 Å². The van der Waals surface area contributed by atoms with E-state index in [4.69, 9.17) is 9.53 Å². The van der Waals surface area contributed by atoms with Crippen LogP contribution in [-0.4, -0.2) is 25.8 Å². The first kappa shape index (κ1) is 15.6. The highest BCUT2D eigenvalue weighted by Crippen LogP contribution is 2.07. The van der Waals surface area contributed by atoms with Crippen LogP contribution >= 0.6 is 0 Å². The fraction of sp³-hybridized carbons (Fsp3) is 0.818. The molecule has 1 aliphatic heterocycles. The maximum absolute atomic E-state index is 8.00. The zero-order chi connectivity index (χ0) is 11.2. The molecular weight excluding hydrogens is 178 g/mol. The number of rotatable bonds is 3. The van der Waals surface area contributed by atoms with Crippen molar-refractivity contribution in [2.75, 3.05) is 6.61 Å². The Kier molecular flexibility index (Phi) is 16.3. The molecule has 0 aliphatic carbocycles. The van der Waals surface area contributed by atoms with Crippen LogP contribution in [0.3, 0.4) is 0 Å². The first-order chi connectivity index (χ1) is 6.85. The van der Waals surface area contributed by atoms with Crippen LogP contribution in [0, 0.1) is 0 Å². The Balaban J connectivity index is 0. The molecule has 0 N–H and O–H groups in total. The average Bonchev–Trinajstić information content (AvgIpc) is 2.72.